The van der Waals surface area contributed by atoms with E-state index in [4.69, 9.17) is 4.74 Å². The molecule has 0 N–H and O–H groups in total. The summed E-state index contributed by atoms with van der Waals surface area (Å²) in [5.41, 5.74) is 0.991. The molecule has 108 valence electrons. The van der Waals surface area contributed by atoms with Gasteiger partial charge in [0.05, 0.1) is 6.42 Å². The summed E-state index contributed by atoms with van der Waals surface area (Å²) in [5.74, 6) is 0.157. The third-order valence-electron chi connectivity index (χ3n) is 3.26. The zero-order valence-corrected chi connectivity index (χ0v) is 12.6. The molecule has 2 heteroatoms. The minimum absolute atomic E-state index is 0.0681. The van der Waals surface area contributed by atoms with Crippen LogP contribution >= 0.6 is 0 Å². The van der Waals surface area contributed by atoms with Gasteiger partial charge in [0, 0.05) is 0 Å². The maximum Gasteiger partial charge on any atom is 0.310 e. The minimum atomic E-state index is -0.159. The molecular weight excluding hydrogens is 248 g/mol. The van der Waals surface area contributed by atoms with Gasteiger partial charge in [0.15, 0.2) is 0 Å². The van der Waals surface area contributed by atoms with Crippen molar-refractivity contribution in [2.24, 2.45) is 5.92 Å². The Hall–Kier alpha value is -1.83. The van der Waals surface area contributed by atoms with Gasteiger partial charge in [-0.15, -0.1) is 0 Å². The number of esters is 1. The Labute approximate surface area is 122 Å². The molecule has 0 radical (unpaired) electrons. The zero-order chi connectivity index (χ0) is 14.8. The molecule has 1 rings (SSSR count). The van der Waals surface area contributed by atoms with Gasteiger partial charge in [-0.3, -0.25) is 4.79 Å². The van der Waals surface area contributed by atoms with Gasteiger partial charge in [0.25, 0.3) is 0 Å². The maximum absolute atomic E-state index is 11.9. The molecular formula is C18H24O2. The fourth-order valence-corrected chi connectivity index (χ4v) is 1.80. The van der Waals surface area contributed by atoms with Crippen molar-refractivity contribution in [1.29, 1.82) is 0 Å². The van der Waals surface area contributed by atoms with Gasteiger partial charge in [-0.2, -0.15) is 0 Å². The van der Waals surface area contributed by atoms with E-state index < -0.39 is 0 Å². The summed E-state index contributed by atoms with van der Waals surface area (Å²) in [6, 6.07) is 9.68. The first-order valence-electron chi connectivity index (χ1n) is 7.14. The SMILES string of the molecule is C/C=C/C=C/CC(C)C(C)OC(=O)Cc1ccccc1. The maximum atomic E-state index is 11.9. The molecule has 2 nitrogen and oxygen atoms in total. The predicted molar refractivity (Wildman–Crippen MR) is 83.4 cm³/mol. The molecule has 0 aliphatic heterocycles. The van der Waals surface area contributed by atoms with Gasteiger partial charge in [0.2, 0.25) is 0 Å². The van der Waals surface area contributed by atoms with Gasteiger partial charge in [-0.25, -0.2) is 0 Å². The van der Waals surface area contributed by atoms with Gasteiger partial charge in [0.1, 0.15) is 6.10 Å². The first kappa shape index (κ1) is 16.2. The molecule has 0 spiro atoms. The summed E-state index contributed by atoms with van der Waals surface area (Å²) in [5, 5.41) is 0. The summed E-state index contributed by atoms with van der Waals surface area (Å²) < 4.78 is 5.48. The van der Waals surface area contributed by atoms with Crippen LogP contribution in [0.5, 0.6) is 0 Å². The molecule has 2 atom stereocenters. The van der Waals surface area contributed by atoms with Crippen molar-refractivity contribution >= 4 is 5.97 Å². The topological polar surface area (TPSA) is 26.3 Å². The standard InChI is InChI=1S/C18H24O2/c1-4-5-6-8-11-15(2)16(3)20-18(19)14-17-12-9-7-10-13-17/h4-10,12-13,15-16H,11,14H2,1-3H3/b5-4+,8-6+. The highest BCUT2D eigenvalue weighted by molar-refractivity contribution is 5.72. The van der Waals surface area contributed by atoms with Crippen LogP contribution in [0.1, 0.15) is 32.8 Å². The lowest BCUT2D eigenvalue weighted by atomic mass is 10.0. The van der Waals surface area contributed by atoms with Crippen LogP contribution in [0.3, 0.4) is 0 Å². The van der Waals surface area contributed by atoms with Crippen molar-refractivity contribution in [3.8, 4) is 0 Å². The third kappa shape index (κ3) is 6.37. The largest absolute Gasteiger partial charge is 0.462 e. The van der Waals surface area contributed by atoms with Crippen LogP contribution in [0.15, 0.2) is 54.6 Å². The van der Waals surface area contributed by atoms with Crippen LogP contribution in [0.4, 0.5) is 0 Å². The Bertz CT molecular complexity index is 446. The number of rotatable bonds is 7. The van der Waals surface area contributed by atoms with E-state index >= 15 is 0 Å². The fraction of sp³-hybridized carbons (Fsp3) is 0.389. The van der Waals surface area contributed by atoms with Crippen LogP contribution in [0.2, 0.25) is 0 Å². The molecule has 0 fully saturated rings. The van der Waals surface area contributed by atoms with E-state index in [0.717, 1.165) is 12.0 Å². The molecule has 1 aromatic carbocycles. The van der Waals surface area contributed by atoms with Crippen molar-refractivity contribution in [3.63, 3.8) is 0 Å². The molecule has 0 heterocycles. The van der Waals surface area contributed by atoms with Gasteiger partial charge >= 0.3 is 5.97 Å². The number of hydrogen-bond donors (Lipinski definition) is 0. The molecule has 0 amide bonds. The normalized spacial score (nSPS) is 14.6. The Kier molecular flexibility index (Phi) is 7.41. The number of carbonyl (C=O) groups excluding carboxylic acids is 1. The molecule has 1 aromatic rings. The number of hydrogen-bond acceptors (Lipinski definition) is 2. The van der Waals surface area contributed by atoms with E-state index in [1.165, 1.54) is 0 Å². The third-order valence-corrected chi connectivity index (χ3v) is 3.26. The summed E-state index contributed by atoms with van der Waals surface area (Å²) in [6.45, 7) is 6.04. The summed E-state index contributed by atoms with van der Waals surface area (Å²) in [4.78, 5) is 11.9. The van der Waals surface area contributed by atoms with Crippen molar-refractivity contribution in [2.75, 3.05) is 0 Å². The fourth-order valence-electron chi connectivity index (χ4n) is 1.80. The molecule has 0 aliphatic rings. The molecule has 0 bridgehead atoms. The van der Waals surface area contributed by atoms with Crippen molar-refractivity contribution in [3.05, 3.63) is 60.2 Å². The van der Waals surface area contributed by atoms with E-state index in [2.05, 4.69) is 13.0 Å². The van der Waals surface area contributed by atoms with Gasteiger partial charge in [-0.05, 0) is 31.7 Å². The van der Waals surface area contributed by atoms with Crippen molar-refractivity contribution < 1.29 is 9.53 Å². The Morgan fingerprint density at radius 1 is 1.20 bits per heavy atom. The molecule has 0 aromatic heterocycles. The van der Waals surface area contributed by atoms with Crippen LogP contribution in [0.25, 0.3) is 0 Å². The monoisotopic (exact) mass is 272 g/mol. The molecule has 0 saturated heterocycles. The second kappa shape index (κ2) is 9.13. The summed E-state index contributed by atoms with van der Waals surface area (Å²) in [7, 11) is 0. The van der Waals surface area contributed by atoms with Crippen molar-refractivity contribution in [1.82, 2.24) is 0 Å². The van der Waals surface area contributed by atoms with Crippen LogP contribution < -0.4 is 0 Å². The van der Waals surface area contributed by atoms with Gasteiger partial charge < -0.3 is 4.74 Å². The zero-order valence-electron chi connectivity index (χ0n) is 12.6. The Balaban J connectivity index is 2.37. The van der Waals surface area contributed by atoms with Gasteiger partial charge in [-0.1, -0.05) is 61.6 Å². The smallest absolute Gasteiger partial charge is 0.310 e. The highest BCUT2D eigenvalue weighted by atomic mass is 16.5. The number of ether oxygens (including phenoxy) is 1. The lowest BCUT2D eigenvalue weighted by Crippen LogP contribution is -2.22. The average molecular weight is 272 g/mol. The van der Waals surface area contributed by atoms with E-state index in [-0.39, 0.29) is 12.1 Å². The van der Waals surface area contributed by atoms with E-state index in [9.17, 15) is 4.79 Å². The van der Waals surface area contributed by atoms with E-state index in [1.807, 2.05) is 62.4 Å². The summed E-state index contributed by atoms with van der Waals surface area (Å²) in [6.07, 6.45) is 9.29. The van der Waals surface area contributed by atoms with E-state index in [1.54, 1.807) is 0 Å². The lowest BCUT2D eigenvalue weighted by Gasteiger charge is -2.19. The highest BCUT2D eigenvalue weighted by Crippen LogP contribution is 2.13. The highest BCUT2D eigenvalue weighted by Gasteiger charge is 2.15. The number of benzene rings is 1. The van der Waals surface area contributed by atoms with Crippen LogP contribution in [-0.4, -0.2) is 12.1 Å². The molecule has 20 heavy (non-hydrogen) atoms. The Morgan fingerprint density at radius 3 is 2.55 bits per heavy atom. The minimum Gasteiger partial charge on any atom is -0.462 e. The number of carbonyl (C=O) groups is 1. The van der Waals surface area contributed by atoms with Crippen molar-refractivity contribution in [2.45, 2.75) is 39.7 Å². The molecule has 2 unspecified atom stereocenters. The quantitative estimate of drug-likeness (QED) is 0.546. The first-order chi connectivity index (χ1) is 9.63. The second-order valence-electron chi connectivity index (χ2n) is 5.02. The Morgan fingerprint density at radius 2 is 1.90 bits per heavy atom. The van der Waals surface area contributed by atoms with E-state index in [0.29, 0.717) is 12.3 Å². The molecule has 0 saturated carbocycles. The first-order valence-corrected chi connectivity index (χ1v) is 7.14. The predicted octanol–water partition coefficient (Wildman–Crippen LogP) is 4.32. The lowest BCUT2D eigenvalue weighted by molar-refractivity contribution is -0.149. The van der Waals surface area contributed by atoms with Crippen LogP contribution in [-0.2, 0) is 16.0 Å². The summed E-state index contributed by atoms with van der Waals surface area (Å²) >= 11 is 0. The van der Waals surface area contributed by atoms with Crippen LogP contribution in [0, 0.1) is 5.92 Å². The molecule has 0 aliphatic carbocycles. The number of allylic oxidation sites excluding steroid dienone is 4. The average Bonchev–Trinajstić information content (AvgIpc) is 2.44. The second-order valence-corrected chi connectivity index (χ2v) is 5.02.